The standard InChI is InChI=1S/C14H22O2/c1-3-5-15-6-7-16-13-10-8-11-12(13)14(11,4-2)9-10/h3,10-13H,1,4-9H2,2H3. The average molecular weight is 222 g/mol. The summed E-state index contributed by atoms with van der Waals surface area (Å²) in [6, 6.07) is 0. The molecule has 4 saturated carbocycles. The molecule has 0 spiro atoms. The fourth-order valence-corrected chi connectivity index (χ4v) is 4.57. The molecule has 0 N–H and O–H groups in total. The lowest BCUT2D eigenvalue weighted by molar-refractivity contribution is -0.00733. The van der Waals surface area contributed by atoms with Crippen LogP contribution in [0.25, 0.3) is 0 Å². The Balaban J connectivity index is 1.44. The molecular weight excluding hydrogens is 200 g/mol. The van der Waals surface area contributed by atoms with Gasteiger partial charge in [0.2, 0.25) is 0 Å². The molecule has 0 saturated heterocycles. The molecule has 4 aliphatic carbocycles. The second kappa shape index (κ2) is 3.85. The van der Waals surface area contributed by atoms with E-state index in [2.05, 4.69) is 13.5 Å². The number of hydrogen-bond donors (Lipinski definition) is 0. The molecule has 4 bridgehead atoms. The van der Waals surface area contributed by atoms with Gasteiger partial charge in [-0.1, -0.05) is 13.0 Å². The van der Waals surface area contributed by atoms with Crippen molar-refractivity contribution in [3.8, 4) is 0 Å². The minimum Gasteiger partial charge on any atom is -0.375 e. The molecule has 4 aliphatic rings. The zero-order valence-electron chi connectivity index (χ0n) is 10.2. The highest BCUT2D eigenvalue weighted by molar-refractivity contribution is 5.26. The van der Waals surface area contributed by atoms with Gasteiger partial charge >= 0.3 is 0 Å². The topological polar surface area (TPSA) is 18.5 Å². The Morgan fingerprint density at radius 3 is 2.94 bits per heavy atom. The Labute approximate surface area is 98.0 Å². The lowest BCUT2D eigenvalue weighted by atomic mass is 10.0. The molecule has 16 heavy (non-hydrogen) atoms. The molecule has 2 nitrogen and oxygen atoms in total. The first-order valence-corrected chi connectivity index (χ1v) is 6.63. The molecule has 5 atom stereocenters. The summed E-state index contributed by atoms with van der Waals surface area (Å²) in [6.07, 6.45) is 6.60. The highest BCUT2D eigenvalue weighted by Crippen LogP contribution is 2.80. The van der Waals surface area contributed by atoms with Crippen molar-refractivity contribution in [2.75, 3.05) is 19.8 Å². The molecule has 90 valence electrons. The van der Waals surface area contributed by atoms with Gasteiger partial charge < -0.3 is 9.47 Å². The van der Waals surface area contributed by atoms with Gasteiger partial charge in [-0.05, 0) is 42.4 Å². The number of hydrogen-bond acceptors (Lipinski definition) is 2. The predicted molar refractivity (Wildman–Crippen MR) is 63.2 cm³/mol. The maximum atomic E-state index is 6.02. The second-order valence-corrected chi connectivity index (χ2v) is 5.62. The van der Waals surface area contributed by atoms with Crippen molar-refractivity contribution in [3.05, 3.63) is 12.7 Å². The van der Waals surface area contributed by atoms with E-state index in [4.69, 9.17) is 9.47 Å². The van der Waals surface area contributed by atoms with Crippen molar-refractivity contribution in [1.82, 2.24) is 0 Å². The Morgan fingerprint density at radius 1 is 1.44 bits per heavy atom. The number of rotatable bonds is 7. The van der Waals surface area contributed by atoms with Crippen LogP contribution < -0.4 is 0 Å². The van der Waals surface area contributed by atoms with E-state index in [9.17, 15) is 0 Å². The Kier molecular flexibility index (Phi) is 2.60. The van der Waals surface area contributed by atoms with Crippen molar-refractivity contribution in [2.45, 2.75) is 32.3 Å². The van der Waals surface area contributed by atoms with Gasteiger partial charge in [-0.15, -0.1) is 6.58 Å². The van der Waals surface area contributed by atoms with E-state index in [1.807, 2.05) is 0 Å². The largest absolute Gasteiger partial charge is 0.375 e. The molecule has 0 aromatic rings. The Hall–Kier alpha value is -0.340. The van der Waals surface area contributed by atoms with Crippen LogP contribution >= 0.6 is 0 Å². The Bertz CT molecular complexity index is 288. The van der Waals surface area contributed by atoms with E-state index in [1.165, 1.54) is 19.3 Å². The molecule has 4 fully saturated rings. The zero-order valence-corrected chi connectivity index (χ0v) is 10.2. The van der Waals surface area contributed by atoms with Crippen LogP contribution in [-0.2, 0) is 9.47 Å². The highest BCUT2D eigenvalue weighted by Gasteiger charge is 2.77. The molecule has 0 amide bonds. The minimum absolute atomic E-state index is 0.567. The van der Waals surface area contributed by atoms with Crippen molar-refractivity contribution >= 4 is 0 Å². The SMILES string of the molecule is C=CCOCCOC1C2CC3C1C3(CC)C2. The predicted octanol–water partition coefficient (Wildman–Crippen LogP) is 2.64. The lowest BCUT2D eigenvalue weighted by Gasteiger charge is -2.15. The molecule has 0 aliphatic heterocycles. The van der Waals surface area contributed by atoms with Gasteiger partial charge in [0.05, 0.1) is 25.9 Å². The third-order valence-electron chi connectivity index (χ3n) is 5.18. The summed E-state index contributed by atoms with van der Waals surface area (Å²) in [7, 11) is 0. The normalized spacial score (nSPS) is 47.3. The average Bonchev–Trinajstić information content (AvgIpc) is 2.68. The van der Waals surface area contributed by atoms with Gasteiger partial charge in [0, 0.05) is 0 Å². The summed E-state index contributed by atoms with van der Waals surface area (Å²) in [4.78, 5) is 0. The van der Waals surface area contributed by atoms with Gasteiger partial charge in [-0.3, -0.25) is 0 Å². The van der Waals surface area contributed by atoms with Crippen LogP contribution in [0, 0.1) is 23.2 Å². The quantitative estimate of drug-likeness (QED) is 0.487. The molecule has 5 unspecified atom stereocenters. The van der Waals surface area contributed by atoms with Crippen LogP contribution in [-0.4, -0.2) is 25.9 Å². The van der Waals surface area contributed by atoms with E-state index in [-0.39, 0.29) is 0 Å². The monoisotopic (exact) mass is 222 g/mol. The lowest BCUT2D eigenvalue weighted by Crippen LogP contribution is -2.20. The van der Waals surface area contributed by atoms with Crippen molar-refractivity contribution < 1.29 is 9.47 Å². The summed E-state index contributed by atoms with van der Waals surface area (Å²) >= 11 is 0. The van der Waals surface area contributed by atoms with E-state index in [0.29, 0.717) is 19.3 Å². The molecule has 2 heteroatoms. The highest BCUT2D eigenvalue weighted by atomic mass is 16.5. The van der Waals surface area contributed by atoms with Gasteiger partial charge in [-0.2, -0.15) is 0 Å². The van der Waals surface area contributed by atoms with Crippen LogP contribution in [0.1, 0.15) is 26.2 Å². The summed E-state index contributed by atoms with van der Waals surface area (Å²) < 4.78 is 11.4. The van der Waals surface area contributed by atoms with Crippen LogP contribution in [0.5, 0.6) is 0 Å². The fraction of sp³-hybridized carbons (Fsp3) is 0.857. The van der Waals surface area contributed by atoms with Crippen molar-refractivity contribution in [1.29, 1.82) is 0 Å². The summed E-state index contributed by atoms with van der Waals surface area (Å²) in [5.41, 5.74) is 0.720. The molecule has 0 radical (unpaired) electrons. The van der Waals surface area contributed by atoms with E-state index in [0.717, 1.165) is 29.8 Å². The van der Waals surface area contributed by atoms with Gasteiger partial charge in [-0.25, -0.2) is 0 Å². The molecule has 0 aromatic carbocycles. The van der Waals surface area contributed by atoms with Crippen LogP contribution in [0.4, 0.5) is 0 Å². The molecule has 0 heterocycles. The summed E-state index contributed by atoms with van der Waals surface area (Å²) in [5, 5.41) is 0. The molecule has 0 aromatic heterocycles. The first kappa shape index (κ1) is 10.8. The first-order valence-electron chi connectivity index (χ1n) is 6.63. The molecule has 4 rings (SSSR count). The van der Waals surface area contributed by atoms with Crippen LogP contribution in [0.3, 0.4) is 0 Å². The van der Waals surface area contributed by atoms with E-state index < -0.39 is 0 Å². The number of ether oxygens (including phenoxy) is 2. The maximum absolute atomic E-state index is 6.02. The van der Waals surface area contributed by atoms with Gasteiger partial charge in [0.1, 0.15) is 0 Å². The molecular formula is C14H22O2. The summed E-state index contributed by atoms with van der Waals surface area (Å²) in [5.74, 6) is 2.79. The summed E-state index contributed by atoms with van der Waals surface area (Å²) in [6.45, 7) is 8.10. The smallest absolute Gasteiger partial charge is 0.0704 e. The maximum Gasteiger partial charge on any atom is 0.0704 e. The third-order valence-corrected chi connectivity index (χ3v) is 5.18. The van der Waals surface area contributed by atoms with E-state index >= 15 is 0 Å². The van der Waals surface area contributed by atoms with Crippen LogP contribution in [0.15, 0.2) is 12.7 Å². The minimum atomic E-state index is 0.567. The van der Waals surface area contributed by atoms with Gasteiger partial charge in [0.25, 0.3) is 0 Å². The van der Waals surface area contributed by atoms with Crippen LogP contribution in [0.2, 0.25) is 0 Å². The fourth-order valence-electron chi connectivity index (χ4n) is 4.57. The van der Waals surface area contributed by atoms with Gasteiger partial charge in [0.15, 0.2) is 0 Å². The first-order chi connectivity index (χ1) is 7.83. The zero-order chi connectivity index (χ0) is 11.2. The Morgan fingerprint density at radius 2 is 2.31 bits per heavy atom. The van der Waals surface area contributed by atoms with Crippen molar-refractivity contribution in [2.24, 2.45) is 23.2 Å². The van der Waals surface area contributed by atoms with Crippen molar-refractivity contribution in [3.63, 3.8) is 0 Å². The second-order valence-electron chi connectivity index (χ2n) is 5.62. The van der Waals surface area contributed by atoms with E-state index in [1.54, 1.807) is 6.08 Å². The third kappa shape index (κ3) is 1.32.